The van der Waals surface area contributed by atoms with Crippen LogP contribution < -0.4 is 10.1 Å². The lowest BCUT2D eigenvalue weighted by atomic mass is 10.1. The number of methoxy groups -OCH3 is 1. The largest absolute Gasteiger partial charge is 0.490 e. The Bertz CT molecular complexity index is 655. The van der Waals surface area contributed by atoms with E-state index in [1.54, 1.807) is 0 Å². The van der Waals surface area contributed by atoms with Gasteiger partial charge in [-0.25, -0.2) is 9.59 Å². The Balaban J connectivity index is 3.07. The van der Waals surface area contributed by atoms with E-state index in [0.717, 1.165) is 6.07 Å². The number of nitrogens with one attached hydrogen (secondary N) is 1. The summed E-state index contributed by atoms with van der Waals surface area (Å²) in [5.41, 5.74) is -0.565. The molecule has 1 aromatic rings. The van der Waals surface area contributed by atoms with Crippen molar-refractivity contribution in [1.82, 2.24) is 5.32 Å². The number of benzene rings is 1. The van der Waals surface area contributed by atoms with E-state index >= 15 is 0 Å². The van der Waals surface area contributed by atoms with E-state index in [1.165, 1.54) is 33.1 Å². The van der Waals surface area contributed by atoms with Gasteiger partial charge in [-0.3, -0.25) is 14.9 Å². The second-order valence-electron chi connectivity index (χ2n) is 4.55. The van der Waals surface area contributed by atoms with Crippen molar-refractivity contribution in [3.8, 4) is 5.75 Å². The number of amides is 1. The third kappa shape index (κ3) is 5.16. The normalized spacial score (nSPS) is 10.1. The maximum atomic E-state index is 12.3. The summed E-state index contributed by atoms with van der Waals surface area (Å²) in [6.07, 6.45) is 0. The Morgan fingerprint density at radius 2 is 1.72 bits per heavy atom. The molecule has 0 aliphatic rings. The molecule has 0 aromatic heterocycles. The van der Waals surface area contributed by atoms with Gasteiger partial charge >= 0.3 is 17.6 Å². The minimum absolute atomic E-state index is 0.00137. The third-order valence-electron chi connectivity index (χ3n) is 2.96. The van der Waals surface area contributed by atoms with Gasteiger partial charge in [-0.1, -0.05) is 0 Å². The van der Waals surface area contributed by atoms with Gasteiger partial charge in [0.2, 0.25) is 6.04 Å². The van der Waals surface area contributed by atoms with E-state index in [1.807, 2.05) is 0 Å². The average Bonchev–Trinajstić information content (AvgIpc) is 2.58. The second-order valence-corrected chi connectivity index (χ2v) is 4.55. The Morgan fingerprint density at radius 1 is 1.16 bits per heavy atom. The molecule has 1 amide bonds. The maximum Gasteiger partial charge on any atom is 0.340 e. The molecule has 0 aliphatic heterocycles. The Morgan fingerprint density at radius 3 is 2.16 bits per heavy atom. The topological polar surface area (TPSA) is 134 Å². The van der Waals surface area contributed by atoms with Crippen LogP contribution in [-0.2, 0) is 19.1 Å². The molecule has 0 spiro atoms. The highest BCUT2D eigenvalue weighted by atomic mass is 16.6. The predicted octanol–water partition coefficient (Wildman–Crippen LogP) is 0.828. The van der Waals surface area contributed by atoms with Crippen molar-refractivity contribution in [3.63, 3.8) is 0 Å². The van der Waals surface area contributed by atoms with Crippen LogP contribution in [0, 0.1) is 10.1 Å². The zero-order valence-corrected chi connectivity index (χ0v) is 13.9. The molecule has 1 aromatic carbocycles. The summed E-state index contributed by atoms with van der Waals surface area (Å²) < 4.78 is 14.3. The van der Waals surface area contributed by atoms with Crippen LogP contribution >= 0.6 is 0 Å². The molecule has 10 nitrogen and oxygen atoms in total. The summed E-state index contributed by atoms with van der Waals surface area (Å²) in [5, 5.41) is 13.2. The number of hydrogen-bond acceptors (Lipinski definition) is 8. The van der Waals surface area contributed by atoms with Gasteiger partial charge in [0, 0.05) is 11.6 Å². The highest BCUT2D eigenvalue weighted by Gasteiger charge is 2.32. The number of carbonyl (C=O) groups is 3. The molecule has 0 saturated heterocycles. The molecule has 25 heavy (non-hydrogen) atoms. The molecule has 0 radical (unpaired) electrons. The van der Waals surface area contributed by atoms with Gasteiger partial charge in [0.15, 0.2) is 5.75 Å². The van der Waals surface area contributed by atoms with Crippen LogP contribution in [0.3, 0.4) is 0 Å². The first-order chi connectivity index (χ1) is 11.8. The van der Waals surface area contributed by atoms with E-state index in [9.17, 15) is 24.5 Å². The quantitative estimate of drug-likeness (QED) is 0.314. The Hall–Kier alpha value is -3.17. The minimum atomic E-state index is -1.67. The zero-order valence-electron chi connectivity index (χ0n) is 13.9. The van der Waals surface area contributed by atoms with Crippen LogP contribution in [0.5, 0.6) is 5.75 Å². The van der Waals surface area contributed by atoms with E-state index in [2.05, 4.69) is 5.32 Å². The fraction of sp³-hybridized carbons (Fsp3) is 0.400. The number of nitro benzene ring substituents is 1. The van der Waals surface area contributed by atoms with Crippen molar-refractivity contribution in [2.45, 2.75) is 19.9 Å². The highest BCUT2D eigenvalue weighted by Crippen LogP contribution is 2.27. The molecule has 0 aliphatic carbocycles. The number of hydrogen-bond donors (Lipinski definition) is 1. The van der Waals surface area contributed by atoms with Crippen LogP contribution in [0.1, 0.15) is 24.2 Å². The summed E-state index contributed by atoms with van der Waals surface area (Å²) in [4.78, 5) is 46.2. The number of esters is 2. The van der Waals surface area contributed by atoms with Gasteiger partial charge in [-0.05, 0) is 26.0 Å². The van der Waals surface area contributed by atoms with E-state index in [0.29, 0.717) is 0 Å². The molecule has 0 unspecified atom stereocenters. The number of carbonyl (C=O) groups excluding carboxylic acids is 3. The number of ether oxygens (including phenoxy) is 3. The molecule has 1 rings (SSSR count). The minimum Gasteiger partial charge on any atom is -0.490 e. The van der Waals surface area contributed by atoms with Gasteiger partial charge in [0.05, 0.1) is 25.2 Å². The van der Waals surface area contributed by atoms with Gasteiger partial charge < -0.3 is 19.5 Å². The highest BCUT2D eigenvalue weighted by molar-refractivity contribution is 6.05. The summed E-state index contributed by atoms with van der Waals surface area (Å²) in [6.45, 7) is 3.07. The van der Waals surface area contributed by atoms with Crippen LogP contribution in [0.15, 0.2) is 18.2 Å². The van der Waals surface area contributed by atoms with E-state index in [-0.39, 0.29) is 24.5 Å². The first-order valence-electron chi connectivity index (χ1n) is 7.32. The Kier molecular flexibility index (Phi) is 7.32. The number of rotatable bonds is 8. The molecular formula is C15H18N2O8. The lowest BCUT2D eigenvalue weighted by Gasteiger charge is -2.16. The molecule has 0 heterocycles. The third-order valence-corrected chi connectivity index (χ3v) is 2.96. The Labute approximate surface area is 143 Å². The van der Waals surface area contributed by atoms with Crippen molar-refractivity contribution in [2.24, 2.45) is 0 Å². The maximum absolute atomic E-state index is 12.3. The molecule has 10 heteroatoms. The van der Waals surface area contributed by atoms with Crippen LogP contribution in [0.2, 0.25) is 0 Å². The first kappa shape index (κ1) is 19.9. The van der Waals surface area contributed by atoms with E-state index in [4.69, 9.17) is 14.2 Å². The zero-order chi connectivity index (χ0) is 19.0. The summed E-state index contributed by atoms with van der Waals surface area (Å²) >= 11 is 0. The van der Waals surface area contributed by atoms with Crippen molar-refractivity contribution in [1.29, 1.82) is 0 Å². The fourth-order valence-electron chi connectivity index (χ4n) is 1.85. The predicted molar refractivity (Wildman–Crippen MR) is 84.2 cm³/mol. The van der Waals surface area contributed by atoms with Crippen molar-refractivity contribution < 1.29 is 33.5 Å². The molecule has 0 bridgehead atoms. The monoisotopic (exact) mass is 354 g/mol. The van der Waals surface area contributed by atoms with Crippen molar-refractivity contribution in [2.75, 3.05) is 20.3 Å². The van der Waals surface area contributed by atoms with Gasteiger partial charge in [0.1, 0.15) is 0 Å². The van der Waals surface area contributed by atoms with Crippen molar-refractivity contribution in [3.05, 3.63) is 33.9 Å². The van der Waals surface area contributed by atoms with Gasteiger partial charge in [-0.15, -0.1) is 0 Å². The second kappa shape index (κ2) is 9.21. The van der Waals surface area contributed by atoms with E-state index < -0.39 is 34.5 Å². The molecule has 136 valence electrons. The van der Waals surface area contributed by atoms with Gasteiger partial charge in [-0.2, -0.15) is 0 Å². The smallest absolute Gasteiger partial charge is 0.340 e. The van der Waals surface area contributed by atoms with Crippen LogP contribution in [0.4, 0.5) is 5.69 Å². The lowest BCUT2D eigenvalue weighted by molar-refractivity contribution is -0.385. The molecule has 0 fully saturated rings. The summed E-state index contributed by atoms with van der Waals surface area (Å²) in [7, 11) is 1.25. The number of nitro groups is 1. The molecule has 0 atom stereocenters. The van der Waals surface area contributed by atoms with Crippen LogP contribution in [0.25, 0.3) is 0 Å². The average molecular weight is 354 g/mol. The van der Waals surface area contributed by atoms with Crippen LogP contribution in [-0.4, -0.2) is 49.1 Å². The fourth-order valence-corrected chi connectivity index (χ4v) is 1.85. The van der Waals surface area contributed by atoms with Crippen molar-refractivity contribution >= 4 is 23.5 Å². The standard InChI is InChI=1S/C15H18N2O8/c1-4-24-14(19)12(15(20)25-5-2)16-13(18)9-6-7-11(23-3)10(8-9)17(21)22/h6-8,12H,4-5H2,1-3H3,(H,16,18). The summed E-state index contributed by atoms with van der Waals surface area (Å²) in [5.74, 6) is -2.89. The first-order valence-corrected chi connectivity index (χ1v) is 7.32. The molecule has 0 saturated carbocycles. The summed E-state index contributed by atoms with van der Waals surface area (Å²) in [6, 6.07) is 1.79. The lowest BCUT2D eigenvalue weighted by Crippen LogP contribution is -2.48. The number of nitrogens with zero attached hydrogens (tertiary/aromatic N) is 1. The SMILES string of the molecule is CCOC(=O)C(NC(=O)c1ccc(OC)c([N+](=O)[O-])c1)C(=O)OCC. The molecule has 1 N–H and O–H groups in total. The molecular weight excluding hydrogens is 336 g/mol. The van der Waals surface area contributed by atoms with Gasteiger partial charge in [0.25, 0.3) is 5.91 Å².